The van der Waals surface area contributed by atoms with Crippen LogP contribution in [0.15, 0.2) is 36.8 Å². The lowest BCUT2D eigenvalue weighted by Gasteiger charge is -1.99. The molecular weight excluding hydrogens is 237 g/mol. The Morgan fingerprint density at radius 1 is 1.44 bits per heavy atom. The molecule has 92 valence electrons. The van der Waals surface area contributed by atoms with Gasteiger partial charge in [-0.15, -0.1) is 0 Å². The maximum absolute atomic E-state index is 13.5. The van der Waals surface area contributed by atoms with Gasteiger partial charge in [0.2, 0.25) is 0 Å². The Morgan fingerprint density at radius 2 is 2.28 bits per heavy atom. The van der Waals surface area contributed by atoms with Crippen LogP contribution in [-0.2, 0) is 11.3 Å². The van der Waals surface area contributed by atoms with E-state index in [1.165, 1.54) is 29.2 Å². The molecule has 0 aliphatic carbocycles. The van der Waals surface area contributed by atoms with Crippen molar-refractivity contribution in [1.82, 2.24) is 10.1 Å². The van der Waals surface area contributed by atoms with Gasteiger partial charge in [0.1, 0.15) is 24.1 Å². The third-order valence-corrected chi connectivity index (χ3v) is 2.36. The summed E-state index contributed by atoms with van der Waals surface area (Å²) in [5.74, 6) is -1.30. The summed E-state index contributed by atoms with van der Waals surface area (Å²) in [6.45, 7) is 0.278. The van der Waals surface area contributed by atoms with Gasteiger partial charge >= 0.3 is 5.97 Å². The summed E-state index contributed by atoms with van der Waals surface area (Å²) >= 11 is 0. The third-order valence-electron chi connectivity index (χ3n) is 2.36. The molecule has 2 aromatic heterocycles. The summed E-state index contributed by atoms with van der Waals surface area (Å²) in [5, 5.41) is 12.6. The van der Waals surface area contributed by atoms with Crippen LogP contribution in [0.1, 0.15) is 6.42 Å². The SMILES string of the molecule is O=C(O)CC[n+]1ccc(-c2ncccc2F)cn1. The first kappa shape index (κ1) is 12.1. The number of halogens is 1. The zero-order valence-corrected chi connectivity index (χ0v) is 9.45. The second-order valence-electron chi connectivity index (χ2n) is 3.66. The Balaban J connectivity index is 2.17. The topological polar surface area (TPSA) is 67.0 Å². The minimum absolute atomic E-state index is 0.00500. The number of carbonyl (C=O) groups is 1. The van der Waals surface area contributed by atoms with E-state index in [1.807, 2.05) is 0 Å². The van der Waals surface area contributed by atoms with E-state index in [2.05, 4.69) is 10.1 Å². The zero-order chi connectivity index (χ0) is 13.0. The lowest BCUT2D eigenvalue weighted by atomic mass is 10.2. The van der Waals surface area contributed by atoms with Gasteiger partial charge in [0.15, 0.2) is 12.7 Å². The number of carboxylic acid groups (broad SMARTS) is 1. The summed E-state index contributed by atoms with van der Waals surface area (Å²) < 4.78 is 14.9. The predicted molar refractivity (Wildman–Crippen MR) is 59.9 cm³/mol. The Hall–Kier alpha value is -2.37. The number of rotatable bonds is 4. The minimum atomic E-state index is -0.885. The molecule has 0 fully saturated rings. The van der Waals surface area contributed by atoms with Gasteiger partial charge in [0, 0.05) is 17.8 Å². The average Bonchev–Trinajstić information content (AvgIpc) is 2.38. The fraction of sp³-hybridized carbons (Fsp3) is 0.167. The van der Waals surface area contributed by atoms with E-state index in [9.17, 15) is 9.18 Å². The smallest absolute Gasteiger partial charge is 0.309 e. The van der Waals surface area contributed by atoms with Crippen molar-refractivity contribution in [2.75, 3.05) is 0 Å². The van der Waals surface area contributed by atoms with E-state index >= 15 is 0 Å². The monoisotopic (exact) mass is 248 g/mol. The fourth-order valence-electron chi connectivity index (χ4n) is 1.46. The molecule has 6 heteroatoms. The first-order valence-electron chi connectivity index (χ1n) is 5.35. The third kappa shape index (κ3) is 2.85. The molecule has 0 saturated heterocycles. The number of aryl methyl sites for hydroxylation is 1. The molecule has 0 spiro atoms. The van der Waals surface area contributed by atoms with Gasteiger partial charge in [-0.25, -0.2) is 4.39 Å². The van der Waals surface area contributed by atoms with Crippen LogP contribution in [0.25, 0.3) is 11.3 Å². The molecule has 0 aliphatic rings. The molecule has 5 nitrogen and oxygen atoms in total. The maximum atomic E-state index is 13.5. The summed E-state index contributed by atoms with van der Waals surface area (Å²) in [4.78, 5) is 14.3. The van der Waals surface area contributed by atoms with Crippen LogP contribution in [-0.4, -0.2) is 21.2 Å². The second kappa shape index (κ2) is 5.31. The molecule has 0 aromatic carbocycles. The Bertz CT molecular complexity index is 558. The Morgan fingerprint density at radius 3 is 2.89 bits per heavy atom. The number of pyridine rings is 1. The fourth-order valence-corrected chi connectivity index (χ4v) is 1.46. The van der Waals surface area contributed by atoms with Gasteiger partial charge in [-0.1, -0.05) is 4.68 Å². The lowest BCUT2D eigenvalue weighted by Crippen LogP contribution is -2.38. The van der Waals surface area contributed by atoms with Crippen LogP contribution in [0, 0.1) is 5.82 Å². The molecule has 2 heterocycles. The molecular formula is C12H11FN3O2+. The van der Waals surface area contributed by atoms with Crippen molar-refractivity contribution < 1.29 is 19.0 Å². The lowest BCUT2D eigenvalue weighted by molar-refractivity contribution is -0.752. The highest BCUT2D eigenvalue weighted by molar-refractivity contribution is 5.66. The van der Waals surface area contributed by atoms with Crippen molar-refractivity contribution in [3.05, 3.63) is 42.6 Å². The zero-order valence-electron chi connectivity index (χ0n) is 9.45. The van der Waals surface area contributed by atoms with Crippen LogP contribution < -0.4 is 4.68 Å². The van der Waals surface area contributed by atoms with Crippen molar-refractivity contribution in [2.24, 2.45) is 0 Å². The second-order valence-corrected chi connectivity index (χ2v) is 3.66. The highest BCUT2D eigenvalue weighted by Crippen LogP contribution is 2.17. The minimum Gasteiger partial charge on any atom is -0.481 e. The summed E-state index contributed by atoms with van der Waals surface area (Å²) in [7, 11) is 0. The van der Waals surface area contributed by atoms with E-state index in [0.717, 1.165) is 0 Å². The van der Waals surface area contributed by atoms with E-state index < -0.39 is 11.8 Å². The molecule has 0 saturated carbocycles. The number of hydrogen-bond acceptors (Lipinski definition) is 3. The molecule has 18 heavy (non-hydrogen) atoms. The highest BCUT2D eigenvalue weighted by atomic mass is 19.1. The molecule has 2 aromatic rings. The van der Waals surface area contributed by atoms with Crippen molar-refractivity contribution in [1.29, 1.82) is 0 Å². The average molecular weight is 248 g/mol. The Kier molecular flexibility index (Phi) is 3.57. The quantitative estimate of drug-likeness (QED) is 0.821. The van der Waals surface area contributed by atoms with Crippen molar-refractivity contribution in [3.8, 4) is 11.3 Å². The van der Waals surface area contributed by atoms with Crippen LogP contribution in [0.3, 0.4) is 0 Å². The summed E-state index contributed by atoms with van der Waals surface area (Å²) in [6.07, 6.45) is 4.57. The maximum Gasteiger partial charge on any atom is 0.309 e. The van der Waals surface area contributed by atoms with Crippen molar-refractivity contribution in [2.45, 2.75) is 13.0 Å². The standard InChI is InChI=1S/C12H10FN3O2/c13-10-2-1-5-14-12(10)9-3-6-16(15-8-9)7-4-11(17)18/h1-3,5-6,8H,4,7H2/p+1. The van der Waals surface area contributed by atoms with Gasteiger partial charge in [-0.05, 0) is 17.2 Å². The largest absolute Gasteiger partial charge is 0.481 e. The van der Waals surface area contributed by atoms with Crippen LogP contribution in [0.5, 0.6) is 0 Å². The first-order valence-corrected chi connectivity index (χ1v) is 5.35. The van der Waals surface area contributed by atoms with E-state index in [1.54, 1.807) is 12.3 Å². The number of carboxylic acids is 1. The number of aromatic nitrogens is 3. The van der Waals surface area contributed by atoms with Gasteiger partial charge in [0.25, 0.3) is 0 Å². The van der Waals surface area contributed by atoms with Gasteiger partial charge in [-0.3, -0.25) is 9.78 Å². The molecule has 0 unspecified atom stereocenters. The van der Waals surface area contributed by atoms with Crippen LogP contribution in [0.2, 0.25) is 0 Å². The van der Waals surface area contributed by atoms with Gasteiger partial charge in [0.05, 0.1) is 0 Å². The Labute approximate surface area is 103 Å². The molecule has 1 N–H and O–H groups in total. The molecule has 0 radical (unpaired) electrons. The van der Waals surface area contributed by atoms with E-state index in [4.69, 9.17) is 5.11 Å². The van der Waals surface area contributed by atoms with Crippen LogP contribution in [0.4, 0.5) is 4.39 Å². The van der Waals surface area contributed by atoms with Crippen molar-refractivity contribution >= 4 is 5.97 Å². The predicted octanol–water partition coefficient (Wildman–Crippen LogP) is 1.04. The molecule has 0 atom stereocenters. The molecule has 0 amide bonds. The normalized spacial score (nSPS) is 10.3. The van der Waals surface area contributed by atoms with Gasteiger partial charge in [-0.2, -0.15) is 0 Å². The molecule has 0 aliphatic heterocycles. The first-order chi connectivity index (χ1) is 8.66. The molecule has 2 rings (SSSR count). The van der Waals surface area contributed by atoms with Gasteiger partial charge < -0.3 is 5.11 Å². The van der Waals surface area contributed by atoms with E-state index in [0.29, 0.717) is 5.56 Å². The number of nitrogens with zero attached hydrogens (tertiary/aromatic N) is 3. The number of aliphatic carboxylic acids is 1. The number of hydrogen-bond donors (Lipinski definition) is 1. The van der Waals surface area contributed by atoms with Crippen molar-refractivity contribution in [3.63, 3.8) is 0 Å². The highest BCUT2D eigenvalue weighted by Gasteiger charge is 2.10. The summed E-state index contributed by atoms with van der Waals surface area (Å²) in [5.41, 5.74) is 0.787. The summed E-state index contributed by atoms with van der Waals surface area (Å²) in [6, 6.07) is 4.50. The molecule has 0 bridgehead atoms. The van der Waals surface area contributed by atoms with Crippen LogP contribution >= 0.6 is 0 Å². The van der Waals surface area contributed by atoms with E-state index in [-0.39, 0.29) is 18.7 Å².